The van der Waals surface area contributed by atoms with E-state index in [1.165, 1.54) is 18.1 Å². The van der Waals surface area contributed by atoms with Gasteiger partial charge in [-0.05, 0) is 36.8 Å². The molecule has 0 radical (unpaired) electrons. The standard InChI is InChI=1S/C21H18BrN5OS/c1-14(15-7-9-16(22)10-8-15)26-19(28)12-29-21-18-11-25-27(20(18)23-13-24-21)17-5-3-2-4-6-17/h2-11,13-14H,12H2,1H3,(H,26,28). The Hall–Kier alpha value is -2.71. The Balaban J connectivity index is 1.45. The van der Waals surface area contributed by atoms with E-state index < -0.39 is 0 Å². The molecule has 1 atom stereocenters. The van der Waals surface area contributed by atoms with E-state index >= 15 is 0 Å². The topological polar surface area (TPSA) is 72.7 Å². The van der Waals surface area contributed by atoms with Gasteiger partial charge in [0.1, 0.15) is 11.4 Å². The van der Waals surface area contributed by atoms with Gasteiger partial charge in [-0.25, -0.2) is 14.6 Å². The monoisotopic (exact) mass is 467 g/mol. The molecule has 0 bridgehead atoms. The second-order valence-electron chi connectivity index (χ2n) is 6.44. The summed E-state index contributed by atoms with van der Waals surface area (Å²) < 4.78 is 2.79. The predicted octanol–water partition coefficient (Wildman–Crippen LogP) is 4.55. The number of thioether (sulfide) groups is 1. The second kappa shape index (κ2) is 8.75. The Morgan fingerprint density at radius 3 is 2.66 bits per heavy atom. The molecule has 2 heterocycles. The van der Waals surface area contributed by atoms with Gasteiger partial charge in [0.2, 0.25) is 5.91 Å². The number of nitrogens with one attached hydrogen (secondary N) is 1. The quantitative estimate of drug-likeness (QED) is 0.332. The lowest BCUT2D eigenvalue weighted by molar-refractivity contribution is -0.119. The fourth-order valence-electron chi connectivity index (χ4n) is 2.95. The molecule has 0 aliphatic heterocycles. The fraction of sp³-hybridized carbons (Fsp3) is 0.143. The highest BCUT2D eigenvalue weighted by Gasteiger charge is 2.14. The molecule has 0 saturated heterocycles. The van der Waals surface area contributed by atoms with Crippen molar-refractivity contribution in [3.05, 3.63) is 77.2 Å². The Morgan fingerprint density at radius 1 is 1.14 bits per heavy atom. The number of aromatic nitrogens is 4. The van der Waals surface area contributed by atoms with E-state index in [2.05, 4.69) is 36.3 Å². The lowest BCUT2D eigenvalue weighted by Crippen LogP contribution is -2.28. The van der Waals surface area contributed by atoms with Gasteiger partial charge >= 0.3 is 0 Å². The van der Waals surface area contributed by atoms with Gasteiger partial charge in [0.05, 0.1) is 29.1 Å². The first-order chi connectivity index (χ1) is 14.1. The zero-order valence-corrected chi connectivity index (χ0v) is 18.0. The van der Waals surface area contributed by atoms with Gasteiger partial charge in [-0.15, -0.1) is 0 Å². The third kappa shape index (κ3) is 4.49. The molecular formula is C21H18BrN5OS. The summed E-state index contributed by atoms with van der Waals surface area (Å²) in [7, 11) is 0. The number of amides is 1. The van der Waals surface area contributed by atoms with Crippen molar-refractivity contribution in [2.75, 3.05) is 5.75 Å². The maximum atomic E-state index is 12.4. The number of rotatable bonds is 6. The average molecular weight is 468 g/mol. The van der Waals surface area contributed by atoms with Crippen molar-refractivity contribution in [2.24, 2.45) is 0 Å². The summed E-state index contributed by atoms with van der Waals surface area (Å²) in [4.78, 5) is 21.1. The zero-order valence-electron chi connectivity index (χ0n) is 15.6. The highest BCUT2D eigenvalue weighted by atomic mass is 79.9. The number of hydrogen-bond donors (Lipinski definition) is 1. The van der Waals surface area contributed by atoms with Gasteiger partial charge in [-0.1, -0.05) is 58.0 Å². The van der Waals surface area contributed by atoms with E-state index in [0.717, 1.165) is 31.8 Å². The number of hydrogen-bond acceptors (Lipinski definition) is 5. The van der Waals surface area contributed by atoms with E-state index in [4.69, 9.17) is 0 Å². The number of carbonyl (C=O) groups excluding carboxylic acids is 1. The number of fused-ring (bicyclic) bond motifs is 1. The van der Waals surface area contributed by atoms with Gasteiger partial charge in [-0.2, -0.15) is 5.10 Å². The number of nitrogens with zero attached hydrogens (tertiary/aromatic N) is 4. The van der Waals surface area contributed by atoms with Crippen molar-refractivity contribution in [3.63, 3.8) is 0 Å². The Bertz CT molecular complexity index is 1130. The van der Waals surface area contributed by atoms with Crippen LogP contribution in [0.4, 0.5) is 0 Å². The minimum atomic E-state index is -0.0672. The molecule has 1 amide bonds. The third-order valence-electron chi connectivity index (χ3n) is 4.42. The second-order valence-corrected chi connectivity index (χ2v) is 8.32. The van der Waals surface area contributed by atoms with Crippen LogP contribution in [0.25, 0.3) is 16.7 Å². The molecule has 2 aromatic carbocycles. The van der Waals surface area contributed by atoms with Crippen molar-refractivity contribution >= 4 is 44.6 Å². The summed E-state index contributed by atoms with van der Waals surface area (Å²) >= 11 is 4.81. The molecule has 4 rings (SSSR count). The SMILES string of the molecule is CC(NC(=O)CSc1ncnc2c1cnn2-c1ccccc1)c1ccc(Br)cc1. The first-order valence-corrected chi connectivity index (χ1v) is 10.8. The summed E-state index contributed by atoms with van der Waals surface area (Å²) in [6.45, 7) is 1.97. The van der Waals surface area contributed by atoms with E-state index in [9.17, 15) is 4.79 Å². The first-order valence-electron chi connectivity index (χ1n) is 9.03. The van der Waals surface area contributed by atoms with Gasteiger partial charge < -0.3 is 5.32 Å². The molecule has 1 N–H and O–H groups in total. The molecule has 29 heavy (non-hydrogen) atoms. The van der Waals surface area contributed by atoms with Crippen LogP contribution in [0.5, 0.6) is 0 Å². The zero-order chi connectivity index (χ0) is 20.2. The number of carbonyl (C=O) groups is 1. The van der Waals surface area contributed by atoms with Crippen LogP contribution in [-0.4, -0.2) is 31.4 Å². The van der Waals surface area contributed by atoms with Crippen molar-refractivity contribution in [1.82, 2.24) is 25.1 Å². The van der Waals surface area contributed by atoms with Crippen molar-refractivity contribution in [2.45, 2.75) is 18.0 Å². The highest BCUT2D eigenvalue weighted by molar-refractivity contribution is 9.10. The maximum absolute atomic E-state index is 12.4. The molecule has 0 spiro atoms. The number of para-hydroxylation sites is 1. The van der Waals surface area contributed by atoms with Crippen LogP contribution in [-0.2, 0) is 4.79 Å². The van der Waals surface area contributed by atoms with Crippen LogP contribution >= 0.6 is 27.7 Å². The average Bonchev–Trinajstić information content (AvgIpc) is 3.18. The number of benzene rings is 2. The molecule has 4 aromatic rings. The summed E-state index contributed by atoms with van der Waals surface area (Å²) in [6, 6.07) is 17.7. The molecule has 0 fully saturated rings. The van der Waals surface area contributed by atoms with Gasteiger partial charge in [0, 0.05) is 4.47 Å². The number of halogens is 1. The van der Waals surface area contributed by atoms with Crippen molar-refractivity contribution < 1.29 is 4.79 Å². The molecular weight excluding hydrogens is 450 g/mol. The smallest absolute Gasteiger partial charge is 0.230 e. The minimum absolute atomic E-state index is 0.0485. The van der Waals surface area contributed by atoms with Crippen LogP contribution in [0.2, 0.25) is 0 Å². The third-order valence-corrected chi connectivity index (χ3v) is 5.95. The summed E-state index contributed by atoms with van der Waals surface area (Å²) in [5.41, 5.74) is 2.70. The van der Waals surface area contributed by atoms with Crippen molar-refractivity contribution in [1.29, 1.82) is 0 Å². The summed E-state index contributed by atoms with van der Waals surface area (Å²) in [6.07, 6.45) is 3.25. The lowest BCUT2D eigenvalue weighted by atomic mass is 10.1. The maximum Gasteiger partial charge on any atom is 0.230 e. The van der Waals surface area contributed by atoms with Gasteiger partial charge in [0.15, 0.2) is 5.65 Å². The van der Waals surface area contributed by atoms with Crippen molar-refractivity contribution in [3.8, 4) is 5.69 Å². The largest absolute Gasteiger partial charge is 0.349 e. The normalized spacial score (nSPS) is 12.1. The van der Waals surface area contributed by atoms with Crippen LogP contribution in [0.1, 0.15) is 18.5 Å². The van der Waals surface area contributed by atoms with Gasteiger partial charge in [0.25, 0.3) is 0 Å². The molecule has 146 valence electrons. The van der Waals surface area contributed by atoms with Crippen LogP contribution in [0.3, 0.4) is 0 Å². The predicted molar refractivity (Wildman–Crippen MR) is 118 cm³/mol. The van der Waals surface area contributed by atoms with E-state index in [1.54, 1.807) is 10.9 Å². The lowest BCUT2D eigenvalue weighted by Gasteiger charge is -2.14. The van der Waals surface area contributed by atoms with E-state index in [-0.39, 0.29) is 17.7 Å². The van der Waals surface area contributed by atoms with Crippen LogP contribution in [0.15, 0.2) is 76.6 Å². The minimum Gasteiger partial charge on any atom is -0.349 e. The fourth-order valence-corrected chi connectivity index (χ4v) is 3.98. The first kappa shape index (κ1) is 19.6. The Morgan fingerprint density at radius 2 is 1.90 bits per heavy atom. The van der Waals surface area contributed by atoms with Crippen LogP contribution in [0, 0.1) is 0 Å². The van der Waals surface area contributed by atoms with Crippen LogP contribution < -0.4 is 5.32 Å². The highest BCUT2D eigenvalue weighted by Crippen LogP contribution is 2.26. The summed E-state index contributed by atoms with van der Waals surface area (Å²) in [5, 5.41) is 9.04. The van der Waals surface area contributed by atoms with E-state index in [0.29, 0.717) is 0 Å². The summed E-state index contributed by atoms with van der Waals surface area (Å²) in [5.74, 6) is 0.219. The Labute approximate surface area is 180 Å². The molecule has 1 unspecified atom stereocenters. The van der Waals surface area contributed by atoms with Gasteiger partial charge in [-0.3, -0.25) is 4.79 Å². The molecule has 6 nitrogen and oxygen atoms in total. The molecule has 8 heteroatoms. The van der Waals surface area contributed by atoms with E-state index in [1.807, 2.05) is 61.5 Å². The molecule has 0 aliphatic carbocycles. The Kier molecular flexibility index (Phi) is 5.92. The molecule has 2 aromatic heterocycles. The molecule has 0 saturated carbocycles. The molecule has 0 aliphatic rings.